The largest absolute Gasteiger partial charge is 0.471 e. The highest BCUT2D eigenvalue weighted by molar-refractivity contribution is 5.92. The Morgan fingerprint density at radius 3 is 2.42 bits per heavy atom. The molecule has 0 spiro atoms. The lowest BCUT2D eigenvalue weighted by atomic mass is 9.87. The number of carbonyl (C=O) groups excluding carboxylic acids is 1. The third-order valence-corrected chi connectivity index (χ3v) is 5.58. The van der Waals surface area contributed by atoms with E-state index in [0.29, 0.717) is 5.69 Å². The molecule has 0 unspecified atom stereocenters. The van der Waals surface area contributed by atoms with Crippen LogP contribution in [0.2, 0.25) is 0 Å². The van der Waals surface area contributed by atoms with Gasteiger partial charge in [0.05, 0.1) is 6.04 Å². The van der Waals surface area contributed by atoms with Crippen LogP contribution in [-0.2, 0) is 12.1 Å². The number of amides is 1. The van der Waals surface area contributed by atoms with E-state index in [-0.39, 0.29) is 24.1 Å². The molecule has 6 nitrogen and oxygen atoms in total. The molecule has 0 bridgehead atoms. The Bertz CT molecular complexity index is 1200. The molecule has 6 heteroatoms. The van der Waals surface area contributed by atoms with Crippen molar-refractivity contribution in [1.82, 2.24) is 19.7 Å². The summed E-state index contributed by atoms with van der Waals surface area (Å²) in [6.07, 6.45) is 5.74. The van der Waals surface area contributed by atoms with Gasteiger partial charge in [0.15, 0.2) is 6.73 Å². The van der Waals surface area contributed by atoms with Crippen LogP contribution >= 0.6 is 0 Å². The van der Waals surface area contributed by atoms with Gasteiger partial charge in [-0.05, 0) is 65.9 Å². The highest BCUT2D eigenvalue weighted by Gasteiger charge is 2.15. The zero-order valence-corrected chi connectivity index (χ0v) is 19.5. The molecular weight excluding hydrogens is 412 g/mol. The predicted molar refractivity (Wildman–Crippen MR) is 130 cm³/mol. The van der Waals surface area contributed by atoms with Crippen molar-refractivity contribution in [2.24, 2.45) is 0 Å². The fourth-order valence-corrected chi connectivity index (χ4v) is 3.56. The highest BCUT2D eigenvalue weighted by atomic mass is 16.5. The van der Waals surface area contributed by atoms with Gasteiger partial charge in [0.2, 0.25) is 0 Å². The number of aromatic nitrogens is 3. The lowest BCUT2D eigenvalue weighted by molar-refractivity contribution is 0.0932. The van der Waals surface area contributed by atoms with Gasteiger partial charge >= 0.3 is 0 Å². The van der Waals surface area contributed by atoms with Gasteiger partial charge in [-0.15, -0.1) is 0 Å². The molecule has 0 saturated heterocycles. The second-order valence-electron chi connectivity index (χ2n) is 9.17. The molecule has 0 aliphatic carbocycles. The van der Waals surface area contributed by atoms with E-state index in [1.165, 1.54) is 5.56 Å². The first-order valence-corrected chi connectivity index (χ1v) is 11.1. The monoisotopic (exact) mass is 442 g/mol. The van der Waals surface area contributed by atoms with Crippen LogP contribution in [0.4, 0.5) is 0 Å². The molecule has 1 amide bonds. The van der Waals surface area contributed by atoms with E-state index >= 15 is 0 Å². The number of hydrogen-bond donors (Lipinski definition) is 1. The summed E-state index contributed by atoms with van der Waals surface area (Å²) in [6.45, 7) is 8.74. The minimum atomic E-state index is -0.220. The topological polar surface area (TPSA) is 61.1 Å². The van der Waals surface area contributed by atoms with Crippen LogP contribution in [0.15, 0.2) is 85.3 Å². The molecule has 33 heavy (non-hydrogen) atoms. The molecule has 1 N–H and O–H groups in total. The van der Waals surface area contributed by atoms with Gasteiger partial charge < -0.3 is 14.6 Å². The molecule has 0 aliphatic heterocycles. The second-order valence-corrected chi connectivity index (χ2v) is 9.17. The number of benzene rings is 2. The maximum absolute atomic E-state index is 12.7. The first-order chi connectivity index (χ1) is 15.8. The number of ether oxygens (including phenoxy) is 1. The summed E-state index contributed by atoms with van der Waals surface area (Å²) >= 11 is 0. The van der Waals surface area contributed by atoms with Gasteiger partial charge in [0, 0.05) is 24.3 Å². The van der Waals surface area contributed by atoms with Crippen molar-refractivity contribution in [3.05, 3.63) is 102 Å². The third-order valence-electron chi connectivity index (χ3n) is 5.58. The molecule has 0 saturated carbocycles. The lowest BCUT2D eigenvalue weighted by Crippen LogP contribution is -2.27. The number of carbonyl (C=O) groups is 1. The van der Waals surface area contributed by atoms with Crippen molar-refractivity contribution in [3.8, 4) is 11.4 Å². The molecule has 4 aromatic rings. The molecule has 1 atom stereocenters. The Morgan fingerprint density at radius 2 is 1.73 bits per heavy atom. The number of rotatable bonds is 7. The van der Waals surface area contributed by atoms with E-state index < -0.39 is 0 Å². The normalized spacial score (nSPS) is 12.4. The lowest BCUT2D eigenvalue weighted by Gasteiger charge is -2.19. The molecule has 2 aromatic carbocycles. The van der Waals surface area contributed by atoms with Crippen LogP contribution in [0.5, 0.6) is 5.75 Å². The minimum absolute atomic E-state index is 0.101. The van der Waals surface area contributed by atoms with Crippen molar-refractivity contribution in [1.29, 1.82) is 0 Å². The van der Waals surface area contributed by atoms with Gasteiger partial charge in [0.25, 0.3) is 5.91 Å². The Labute approximate surface area is 194 Å². The minimum Gasteiger partial charge on any atom is -0.471 e. The average Bonchev–Trinajstić information content (AvgIpc) is 3.50. The van der Waals surface area contributed by atoms with Gasteiger partial charge in [-0.1, -0.05) is 45.0 Å². The molecule has 170 valence electrons. The standard InChI is InChI=1S/C27H30N4O2/c1-20(21-8-7-9-23(18-21)30-15-5-6-16-30)28-26(32)25-14-17-31(29-25)19-33-24-12-10-22(11-13-24)27(2,3)4/h5-18,20H,19H2,1-4H3,(H,28,32)/t20-/m0/s1. The van der Waals surface area contributed by atoms with Crippen molar-refractivity contribution < 1.29 is 9.53 Å². The van der Waals surface area contributed by atoms with E-state index in [9.17, 15) is 4.79 Å². The first kappa shape index (κ1) is 22.4. The SMILES string of the molecule is C[C@H](NC(=O)c1ccn(COc2ccc(C(C)(C)C)cc2)n1)c1cccc(-n2cccc2)c1. The summed E-state index contributed by atoms with van der Waals surface area (Å²) in [7, 11) is 0. The van der Waals surface area contributed by atoms with Crippen LogP contribution in [-0.4, -0.2) is 20.3 Å². The fraction of sp³-hybridized carbons (Fsp3) is 0.259. The average molecular weight is 443 g/mol. The molecular formula is C27H30N4O2. The summed E-state index contributed by atoms with van der Waals surface area (Å²) in [6, 6.07) is 21.7. The molecule has 2 aromatic heterocycles. The Balaban J connectivity index is 1.34. The summed E-state index contributed by atoms with van der Waals surface area (Å²) in [5, 5.41) is 7.39. The van der Waals surface area contributed by atoms with E-state index in [4.69, 9.17) is 4.74 Å². The summed E-state index contributed by atoms with van der Waals surface area (Å²) < 4.78 is 9.47. The molecule has 4 rings (SSSR count). The van der Waals surface area contributed by atoms with Crippen LogP contribution < -0.4 is 10.1 Å². The first-order valence-electron chi connectivity index (χ1n) is 11.1. The smallest absolute Gasteiger partial charge is 0.272 e. The summed E-state index contributed by atoms with van der Waals surface area (Å²) in [4.78, 5) is 12.7. The third kappa shape index (κ3) is 5.52. The molecule has 2 heterocycles. The van der Waals surface area contributed by atoms with E-state index in [1.807, 2.05) is 66.3 Å². The number of nitrogens with one attached hydrogen (secondary N) is 1. The van der Waals surface area contributed by atoms with Crippen LogP contribution in [0.1, 0.15) is 55.4 Å². The van der Waals surface area contributed by atoms with E-state index in [0.717, 1.165) is 17.0 Å². The zero-order valence-electron chi connectivity index (χ0n) is 19.5. The van der Waals surface area contributed by atoms with Gasteiger partial charge in [-0.2, -0.15) is 5.10 Å². The van der Waals surface area contributed by atoms with Crippen molar-refractivity contribution >= 4 is 5.91 Å². The molecule has 0 aliphatic rings. The number of hydrogen-bond acceptors (Lipinski definition) is 3. The van der Waals surface area contributed by atoms with E-state index in [1.54, 1.807) is 16.9 Å². The van der Waals surface area contributed by atoms with Crippen LogP contribution in [0, 0.1) is 0 Å². The molecule has 0 fully saturated rings. The predicted octanol–water partition coefficient (Wildman–Crippen LogP) is 5.50. The Kier molecular flexibility index (Phi) is 6.36. The maximum atomic E-state index is 12.7. The zero-order chi connectivity index (χ0) is 23.4. The summed E-state index contributed by atoms with van der Waals surface area (Å²) in [5.74, 6) is 0.544. The van der Waals surface area contributed by atoms with Crippen molar-refractivity contribution in [2.75, 3.05) is 0 Å². The quantitative estimate of drug-likeness (QED) is 0.411. The van der Waals surface area contributed by atoms with Crippen molar-refractivity contribution in [2.45, 2.75) is 45.9 Å². The van der Waals surface area contributed by atoms with Crippen LogP contribution in [0.25, 0.3) is 5.69 Å². The maximum Gasteiger partial charge on any atom is 0.272 e. The number of nitrogens with zero attached hydrogens (tertiary/aromatic N) is 3. The van der Waals surface area contributed by atoms with Gasteiger partial charge in [-0.25, -0.2) is 4.68 Å². The highest BCUT2D eigenvalue weighted by Crippen LogP contribution is 2.24. The summed E-state index contributed by atoms with van der Waals surface area (Å²) in [5.41, 5.74) is 3.78. The fourth-order valence-electron chi connectivity index (χ4n) is 3.56. The Morgan fingerprint density at radius 1 is 1.00 bits per heavy atom. The van der Waals surface area contributed by atoms with E-state index in [2.05, 4.69) is 49.4 Å². The Hall–Kier alpha value is -3.80. The van der Waals surface area contributed by atoms with Gasteiger partial charge in [-0.3, -0.25) is 4.79 Å². The second kappa shape index (κ2) is 9.36. The van der Waals surface area contributed by atoms with Crippen molar-refractivity contribution in [3.63, 3.8) is 0 Å². The van der Waals surface area contributed by atoms with Crippen LogP contribution in [0.3, 0.4) is 0 Å². The molecule has 0 radical (unpaired) electrons. The van der Waals surface area contributed by atoms with Gasteiger partial charge in [0.1, 0.15) is 11.4 Å².